The molecule has 1 aliphatic carbocycles. The number of fused-ring (bicyclic) bond motifs is 1. The van der Waals surface area contributed by atoms with Crippen LogP contribution in [0, 0.1) is 12.7 Å². The molecule has 98 valence electrons. The van der Waals surface area contributed by atoms with Gasteiger partial charge in [0.15, 0.2) is 0 Å². The van der Waals surface area contributed by atoms with Crippen LogP contribution in [-0.4, -0.2) is 5.11 Å². The zero-order chi connectivity index (χ0) is 13.5. The van der Waals surface area contributed by atoms with Gasteiger partial charge in [0.05, 0.1) is 5.60 Å². The molecule has 0 aliphatic heterocycles. The minimum Gasteiger partial charge on any atom is -0.385 e. The molecule has 1 N–H and O–H groups in total. The average molecular weight is 256 g/mol. The molecular weight excluding hydrogens is 239 g/mol. The predicted molar refractivity (Wildman–Crippen MR) is 73.5 cm³/mol. The molecule has 2 heteroatoms. The van der Waals surface area contributed by atoms with E-state index < -0.39 is 5.60 Å². The van der Waals surface area contributed by atoms with E-state index in [9.17, 15) is 9.50 Å². The van der Waals surface area contributed by atoms with Crippen LogP contribution >= 0.6 is 0 Å². The molecule has 0 saturated carbocycles. The first kappa shape index (κ1) is 12.4. The van der Waals surface area contributed by atoms with Crippen LogP contribution in [0.1, 0.15) is 28.7 Å². The Kier molecular flexibility index (Phi) is 2.90. The summed E-state index contributed by atoms with van der Waals surface area (Å²) in [6.45, 7) is 1.86. The Labute approximate surface area is 112 Å². The molecule has 1 atom stereocenters. The lowest BCUT2D eigenvalue weighted by atomic mass is 9.75. The summed E-state index contributed by atoms with van der Waals surface area (Å²) < 4.78 is 13.2. The molecule has 1 aliphatic rings. The van der Waals surface area contributed by atoms with Gasteiger partial charge in [0, 0.05) is 6.42 Å². The fourth-order valence-electron chi connectivity index (χ4n) is 3.10. The minimum atomic E-state index is -0.869. The molecule has 0 amide bonds. The second-order valence-corrected chi connectivity index (χ2v) is 5.44. The Morgan fingerprint density at radius 3 is 2.58 bits per heavy atom. The Morgan fingerprint density at radius 2 is 1.84 bits per heavy atom. The fraction of sp³-hybridized carbons (Fsp3) is 0.294. The van der Waals surface area contributed by atoms with Gasteiger partial charge in [-0.05, 0) is 54.2 Å². The molecule has 0 heterocycles. The first-order valence-corrected chi connectivity index (χ1v) is 6.64. The lowest BCUT2D eigenvalue weighted by Crippen LogP contribution is -2.33. The first-order chi connectivity index (χ1) is 9.08. The number of halogens is 1. The summed E-state index contributed by atoms with van der Waals surface area (Å²) in [5, 5.41) is 10.9. The quantitative estimate of drug-likeness (QED) is 0.827. The number of aryl methyl sites for hydroxylation is 2. The largest absolute Gasteiger partial charge is 0.385 e. The molecule has 3 rings (SSSR count). The molecule has 0 fully saturated rings. The summed E-state index contributed by atoms with van der Waals surface area (Å²) in [5.74, 6) is -0.249. The van der Waals surface area contributed by atoms with Crippen molar-refractivity contribution < 1.29 is 9.50 Å². The second-order valence-electron chi connectivity index (χ2n) is 5.44. The number of hydrogen-bond acceptors (Lipinski definition) is 1. The van der Waals surface area contributed by atoms with E-state index in [4.69, 9.17) is 0 Å². The van der Waals surface area contributed by atoms with Crippen LogP contribution in [0.3, 0.4) is 0 Å². The molecule has 1 nitrogen and oxygen atoms in total. The van der Waals surface area contributed by atoms with Crippen LogP contribution in [-0.2, 0) is 18.4 Å². The van der Waals surface area contributed by atoms with Crippen LogP contribution in [0.5, 0.6) is 0 Å². The summed E-state index contributed by atoms with van der Waals surface area (Å²) in [7, 11) is 0. The predicted octanol–water partition coefficient (Wildman–Crippen LogP) is 3.51. The molecule has 0 aromatic heterocycles. The van der Waals surface area contributed by atoms with Crippen molar-refractivity contribution in [2.45, 2.75) is 31.8 Å². The monoisotopic (exact) mass is 256 g/mol. The zero-order valence-corrected chi connectivity index (χ0v) is 11.0. The normalized spacial score (nSPS) is 22.1. The highest BCUT2D eigenvalue weighted by Crippen LogP contribution is 2.37. The van der Waals surface area contributed by atoms with E-state index >= 15 is 0 Å². The molecule has 19 heavy (non-hydrogen) atoms. The van der Waals surface area contributed by atoms with Gasteiger partial charge >= 0.3 is 0 Å². The van der Waals surface area contributed by atoms with E-state index in [-0.39, 0.29) is 5.82 Å². The van der Waals surface area contributed by atoms with Gasteiger partial charge in [-0.25, -0.2) is 4.39 Å². The van der Waals surface area contributed by atoms with Crippen molar-refractivity contribution in [3.05, 3.63) is 70.5 Å². The third-order valence-electron chi connectivity index (χ3n) is 4.10. The molecule has 2 aromatic rings. The zero-order valence-electron chi connectivity index (χ0n) is 11.0. The van der Waals surface area contributed by atoms with Gasteiger partial charge in [0.25, 0.3) is 0 Å². The Balaban J connectivity index is 2.01. The van der Waals surface area contributed by atoms with Crippen molar-refractivity contribution in [1.29, 1.82) is 0 Å². The van der Waals surface area contributed by atoms with E-state index in [2.05, 4.69) is 12.1 Å². The van der Waals surface area contributed by atoms with Crippen molar-refractivity contribution in [2.75, 3.05) is 0 Å². The maximum atomic E-state index is 13.2. The van der Waals surface area contributed by atoms with Crippen LogP contribution in [0.2, 0.25) is 0 Å². The van der Waals surface area contributed by atoms with Gasteiger partial charge in [-0.2, -0.15) is 0 Å². The van der Waals surface area contributed by atoms with Crippen molar-refractivity contribution in [3.8, 4) is 0 Å². The summed E-state index contributed by atoms with van der Waals surface area (Å²) in [6, 6.07) is 12.9. The lowest BCUT2D eigenvalue weighted by molar-refractivity contribution is 0.0216. The molecular formula is C17H17FO. The lowest BCUT2D eigenvalue weighted by Gasteiger charge is -2.35. The molecule has 0 spiro atoms. The van der Waals surface area contributed by atoms with E-state index in [0.29, 0.717) is 12.8 Å². The summed E-state index contributed by atoms with van der Waals surface area (Å²) in [6.07, 6.45) is 2.16. The topological polar surface area (TPSA) is 20.2 Å². The first-order valence-electron chi connectivity index (χ1n) is 6.64. The number of aliphatic hydroxyl groups is 1. The molecule has 0 saturated heterocycles. The van der Waals surface area contributed by atoms with E-state index in [1.807, 2.05) is 19.1 Å². The van der Waals surface area contributed by atoms with Crippen LogP contribution in [0.15, 0.2) is 42.5 Å². The number of hydrogen-bond donors (Lipinski definition) is 1. The third-order valence-corrected chi connectivity index (χ3v) is 4.10. The van der Waals surface area contributed by atoms with Gasteiger partial charge in [-0.1, -0.05) is 30.3 Å². The van der Waals surface area contributed by atoms with E-state index in [1.165, 1.54) is 23.3 Å². The van der Waals surface area contributed by atoms with Crippen molar-refractivity contribution in [1.82, 2.24) is 0 Å². The Bertz CT molecular complexity index is 620. The fourth-order valence-corrected chi connectivity index (χ4v) is 3.10. The van der Waals surface area contributed by atoms with Crippen molar-refractivity contribution >= 4 is 0 Å². The Morgan fingerprint density at radius 1 is 1.11 bits per heavy atom. The smallest absolute Gasteiger partial charge is 0.123 e. The number of benzene rings is 2. The summed E-state index contributed by atoms with van der Waals surface area (Å²) in [5.41, 5.74) is 3.31. The van der Waals surface area contributed by atoms with Gasteiger partial charge in [-0.15, -0.1) is 0 Å². The van der Waals surface area contributed by atoms with Gasteiger partial charge in [0.2, 0.25) is 0 Å². The number of rotatable bonds is 1. The minimum absolute atomic E-state index is 0.249. The van der Waals surface area contributed by atoms with Crippen molar-refractivity contribution in [2.24, 2.45) is 0 Å². The maximum absolute atomic E-state index is 13.2. The average Bonchev–Trinajstić information content (AvgIpc) is 2.38. The van der Waals surface area contributed by atoms with Gasteiger partial charge < -0.3 is 5.11 Å². The van der Waals surface area contributed by atoms with Crippen molar-refractivity contribution in [3.63, 3.8) is 0 Å². The molecule has 2 aromatic carbocycles. The van der Waals surface area contributed by atoms with Crippen LogP contribution in [0.25, 0.3) is 0 Å². The van der Waals surface area contributed by atoms with E-state index in [1.54, 1.807) is 6.07 Å². The highest BCUT2D eigenvalue weighted by molar-refractivity contribution is 5.38. The SMILES string of the molecule is Cc1cc(F)ccc1C1(O)CCc2ccccc2C1. The maximum Gasteiger partial charge on any atom is 0.123 e. The standard InChI is InChI=1S/C17H17FO/c1-12-10-15(18)6-7-16(12)17(19)9-8-13-4-2-3-5-14(13)11-17/h2-7,10,19H,8-9,11H2,1H3. The van der Waals surface area contributed by atoms with Crippen LogP contribution in [0.4, 0.5) is 4.39 Å². The summed E-state index contributed by atoms with van der Waals surface area (Å²) in [4.78, 5) is 0. The molecule has 0 radical (unpaired) electrons. The summed E-state index contributed by atoms with van der Waals surface area (Å²) >= 11 is 0. The van der Waals surface area contributed by atoms with Gasteiger partial charge in [0.1, 0.15) is 5.82 Å². The highest BCUT2D eigenvalue weighted by Gasteiger charge is 2.34. The third kappa shape index (κ3) is 2.17. The van der Waals surface area contributed by atoms with Crippen LogP contribution < -0.4 is 0 Å². The second kappa shape index (κ2) is 4.46. The van der Waals surface area contributed by atoms with E-state index in [0.717, 1.165) is 17.5 Å². The highest BCUT2D eigenvalue weighted by atomic mass is 19.1. The Hall–Kier alpha value is -1.67. The molecule has 0 bridgehead atoms. The van der Waals surface area contributed by atoms with Gasteiger partial charge in [-0.3, -0.25) is 0 Å². The molecule has 1 unspecified atom stereocenters.